The van der Waals surface area contributed by atoms with Gasteiger partial charge in [0, 0.05) is 5.71 Å². The molecule has 1 aliphatic heterocycles. The van der Waals surface area contributed by atoms with Crippen LogP contribution in [0.1, 0.15) is 83.5 Å². The van der Waals surface area contributed by atoms with E-state index < -0.39 is 0 Å². The van der Waals surface area contributed by atoms with E-state index >= 15 is 0 Å². The van der Waals surface area contributed by atoms with Crippen molar-refractivity contribution in [2.45, 2.75) is 89.5 Å². The Morgan fingerprint density at radius 1 is 0.900 bits per heavy atom. The molecule has 0 bridgehead atoms. The summed E-state index contributed by atoms with van der Waals surface area (Å²) in [5.74, 6) is 0. The van der Waals surface area contributed by atoms with E-state index in [0.29, 0.717) is 6.04 Å². The topological polar surface area (TPSA) is 12.4 Å². The zero-order chi connectivity index (χ0) is 14.5. The lowest BCUT2D eigenvalue weighted by atomic mass is 10.0. The molecule has 0 radical (unpaired) electrons. The molecule has 1 unspecified atom stereocenters. The molecule has 20 heavy (non-hydrogen) atoms. The van der Waals surface area contributed by atoms with Crippen LogP contribution in [-0.2, 0) is 0 Å². The monoisotopic (exact) mass is 275 g/mol. The number of unbranched alkanes of at least 4 members (excludes halogenated alkanes) is 7. The lowest BCUT2D eigenvalue weighted by Crippen LogP contribution is -1.98. The Bertz CT molecular complexity index is 290. The Kier molecular flexibility index (Phi) is 10.3. The lowest BCUT2D eigenvalue weighted by Gasteiger charge is -2.05. The molecular formula is C19H33N. The first-order chi connectivity index (χ1) is 9.86. The molecule has 1 heteroatoms. The first-order valence-corrected chi connectivity index (χ1v) is 8.64. The van der Waals surface area contributed by atoms with Gasteiger partial charge in [-0.2, -0.15) is 0 Å². The summed E-state index contributed by atoms with van der Waals surface area (Å²) in [6, 6.07) is 0.651. The van der Waals surface area contributed by atoms with Crippen LogP contribution in [0.2, 0.25) is 0 Å². The van der Waals surface area contributed by atoms with Gasteiger partial charge in [-0.15, -0.1) is 13.2 Å². The second kappa shape index (κ2) is 11.9. The third-order valence-electron chi connectivity index (χ3n) is 4.20. The molecule has 0 aromatic carbocycles. The molecule has 1 nitrogen and oxygen atoms in total. The van der Waals surface area contributed by atoms with Crippen LogP contribution in [0.3, 0.4) is 0 Å². The minimum absolute atomic E-state index is 0.651. The maximum absolute atomic E-state index is 4.91. The Labute approximate surface area is 126 Å². The molecule has 0 saturated carbocycles. The van der Waals surface area contributed by atoms with Gasteiger partial charge in [-0.05, 0) is 57.8 Å². The van der Waals surface area contributed by atoms with Gasteiger partial charge in [0.15, 0.2) is 0 Å². The van der Waals surface area contributed by atoms with E-state index in [-0.39, 0.29) is 0 Å². The van der Waals surface area contributed by atoms with Crippen molar-refractivity contribution in [2.24, 2.45) is 4.99 Å². The number of rotatable bonds is 13. The van der Waals surface area contributed by atoms with E-state index in [2.05, 4.69) is 13.2 Å². The van der Waals surface area contributed by atoms with Crippen molar-refractivity contribution in [2.75, 3.05) is 0 Å². The fraction of sp³-hybridized carbons (Fsp3) is 0.737. The minimum atomic E-state index is 0.651. The summed E-state index contributed by atoms with van der Waals surface area (Å²) in [5, 5.41) is 0. The van der Waals surface area contributed by atoms with Gasteiger partial charge in [0.1, 0.15) is 0 Å². The van der Waals surface area contributed by atoms with Crippen molar-refractivity contribution >= 4 is 5.71 Å². The van der Waals surface area contributed by atoms with E-state index in [1.54, 1.807) is 0 Å². The number of nitrogens with zero attached hydrogens (tertiary/aromatic N) is 1. The zero-order valence-corrected chi connectivity index (χ0v) is 13.3. The molecule has 1 aliphatic rings. The van der Waals surface area contributed by atoms with Crippen LogP contribution in [0, 0.1) is 0 Å². The second-order valence-corrected chi connectivity index (χ2v) is 6.06. The Morgan fingerprint density at radius 3 is 2.30 bits per heavy atom. The predicted molar refractivity (Wildman–Crippen MR) is 91.6 cm³/mol. The highest BCUT2D eigenvalue weighted by Crippen LogP contribution is 2.22. The highest BCUT2D eigenvalue weighted by atomic mass is 14.8. The quantitative estimate of drug-likeness (QED) is 0.278. The molecule has 1 atom stereocenters. The maximum Gasteiger partial charge on any atom is 0.0502 e. The number of hydrogen-bond acceptors (Lipinski definition) is 1. The van der Waals surface area contributed by atoms with Gasteiger partial charge in [0.25, 0.3) is 0 Å². The fourth-order valence-corrected chi connectivity index (χ4v) is 2.94. The Balaban J connectivity index is 1.97. The maximum atomic E-state index is 4.91. The van der Waals surface area contributed by atoms with Crippen molar-refractivity contribution in [1.29, 1.82) is 0 Å². The zero-order valence-electron chi connectivity index (χ0n) is 13.3. The first kappa shape index (κ1) is 17.2. The summed E-state index contributed by atoms with van der Waals surface area (Å²) >= 11 is 0. The van der Waals surface area contributed by atoms with Gasteiger partial charge in [0.2, 0.25) is 0 Å². The standard InChI is InChI=1S/C19H33N/c1-3-5-7-9-10-11-13-15-19-17-16-18(20-19)14-12-8-6-4-2/h3-4,19H,1-2,5-17H2. The van der Waals surface area contributed by atoms with Gasteiger partial charge in [-0.3, -0.25) is 4.99 Å². The van der Waals surface area contributed by atoms with E-state index in [1.807, 2.05) is 12.2 Å². The van der Waals surface area contributed by atoms with Gasteiger partial charge >= 0.3 is 0 Å². The van der Waals surface area contributed by atoms with Gasteiger partial charge in [0.05, 0.1) is 6.04 Å². The van der Waals surface area contributed by atoms with Crippen LogP contribution in [-0.4, -0.2) is 11.8 Å². The Hall–Kier alpha value is -0.850. The third-order valence-corrected chi connectivity index (χ3v) is 4.20. The average Bonchev–Trinajstić information content (AvgIpc) is 2.90. The summed E-state index contributed by atoms with van der Waals surface area (Å²) in [6.45, 7) is 7.54. The van der Waals surface area contributed by atoms with Gasteiger partial charge in [-0.25, -0.2) is 0 Å². The van der Waals surface area contributed by atoms with Crippen molar-refractivity contribution in [3.05, 3.63) is 25.3 Å². The molecule has 0 spiro atoms. The van der Waals surface area contributed by atoms with Crippen LogP contribution < -0.4 is 0 Å². The molecule has 1 heterocycles. The molecule has 1 rings (SSSR count). The van der Waals surface area contributed by atoms with Crippen molar-refractivity contribution in [1.82, 2.24) is 0 Å². The molecule has 0 aliphatic carbocycles. The number of allylic oxidation sites excluding steroid dienone is 2. The van der Waals surface area contributed by atoms with E-state index in [9.17, 15) is 0 Å². The molecule has 114 valence electrons. The highest BCUT2D eigenvalue weighted by molar-refractivity contribution is 5.86. The molecule has 0 N–H and O–H groups in total. The van der Waals surface area contributed by atoms with Crippen LogP contribution in [0.5, 0.6) is 0 Å². The predicted octanol–water partition coefficient (Wildman–Crippen LogP) is 6.25. The van der Waals surface area contributed by atoms with E-state index in [0.717, 1.165) is 6.42 Å². The van der Waals surface area contributed by atoms with Gasteiger partial charge in [-0.1, -0.05) is 37.8 Å². The number of aliphatic imine (C=N–C) groups is 1. The number of hydrogen-bond donors (Lipinski definition) is 0. The third kappa shape index (κ3) is 8.35. The van der Waals surface area contributed by atoms with Gasteiger partial charge < -0.3 is 0 Å². The van der Waals surface area contributed by atoms with Crippen LogP contribution in [0.4, 0.5) is 0 Å². The summed E-state index contributed by atoms with van der Waals surface area (Å²) in [4.78, 5) is 4.91. The average molecular weight is 275 g/mol. The van der Waals surface area contributed by atoms with Crippen LogP contribution in [0.15, 0.2) is 30.3 Å². The van der Waals surface area contributed by atoms with Crippen LogP contribution >= 0.6 is 0 Å². The lowest BCUT2D eigenvalue weighted by molar-refractivity contribution is 0.537. The van der Waals surface area contributed by atoms with Crippen molar-refractivity contribution in [3.63, 3.8) is 0 Å². The molecule has 0 fully saturated rings. The van der Waals surface area contributed by atoms with Crippen molar-refractivity contribution in [3.8, 4) is 0 Å². The summed E-state index contributed by atoms with van der Waals surface area (Å²) in [7, 11) is 0. The molecular weight excluding hydrogens is 242 g/mol. The Morgan fingerprint density at radius 2 is 1.55 bits per heavy atom. The largest absolute Gasteiger partial charge is 0.291 e. The highest BCUT2D eigenvalue weighted by Gasteiger charge is 2.16. The second-order valence-electron chi connectivity index (χ2n) is 6.06. The molecule has 0 amide bonds. The molecule has 0 saturated heterocycles. The van der Waals surface area contributed by atoms with E-state index in [1.165, 1.54) is 82.8 Å². The van der Waals surface area contributed by atoms with Crippen LogP contribution in [0.25, 0.3) is 0 Å². The molecule has 0 aromatic rings. The normalized spacial score (nSPS) is 18.0. The summed E-state index contributed by atoms with van der Waals surface area (Å²) in [6.07, 6.45) is 20.9. The fourth-order valence-electron chi connectivity index (χ4n) is 2.94. The SMILES string of the molecule is C=CCCCCCCCC1CCC(CCCCC=C)=N1. The summed E-state index contributed by atoms with van der Waals surface area (Å²) < 4.78 is 0. The van der Waals surface area contributed by atoms with Crippen molar-refractivity contribution < 1.29 is 0 Å². The first-order valence-electron chi connectivity index (χ1n) is 8.64. The smallest absolute Gasteiger partial charge is 0.0502 e. The molecule has 0 aromatic heterocycles. The summed E-state index contributed by atoms with van der Waals surface area (Å²) in [5.41, 5.74) is 1.49. The van der Waals surface area contributed by atoms with E-state index in [4.69, 9.17) is 4.99 Å². The minimum Gasteiger partial charge on any atom is -0.291 e.